The van der Waals surface area contributed by atoms with Crippen molar-refractivity contribution in [3.63, 3.8) is 0 Å². The van der Waals surface area contributed by atoms with Gasteiger partial charge in [0.15, 0.2) is 0 Å². The van der Waals surface area contributed by atoms with Gasteiger partial charge in [-0.15, -0.1) is 0 Å². The lowest BCUT2D eigenvalue weighted by Gasteiger charge is -2.08. The fraction of sp³-hybridized carbons (Fsp3) is 0.500. The van der Waals surface area contributed by atoms with E-state index in [0.717, 1.165) is 36.2 Å². The van der Waals surface area contributed by atoms with Crippen LogP contribution in [0.5, 0.6) is 0 Å². The Hall–Kier alpha value is -1.51. The van der Waals surface area contributed by atoms with Gasteiger partial charge >= 0.3 is 0 Å². The third-order valence-corrected chi connectivity index (χ3v) is 2.82. The second kappa shape index (κ2) is 6.94. The Morgan fingerprint density at radius 1 is 1.29 bits per heavy atom. The molecule has 0 fully saturated rings. The highest BCUT2D eigenvalue weighted by Gasteiger charge is 2.06. The SMILES string of the molecule is CCCCCNC(=O)c1ccc(NC)c(C)c1. The summed E-state index contributed by atoms with van der Waals surface area (Å²) in [4.78, 5) is 11.8. The smallest absolute Gasteiger partial charge is 0.251 e. The maximum atomic E-state index is 11.8. The van der Waals surface area contributed by atoms with Crippen LogP contribution < -0.4 is 10.6 Å². The zero-order chi connectivity index (χ0) is 12.7. The van der Waals surface area contributed by atoms with E-state index >= 15 is 0 Å². The molecule has 1 amide bonds. The lowest BCUT2D eigenvalue weighted by Crippen LogP contribution is -2.24. The van der Waals surface area contributed by atoms with Gasteiger partial charge in [-0.1, -0.05) is 19.8 Å². The molecule has 0 heterocycles. The van der Waals surface area contributed by atoms with Crippen LogP contribution in [0.2, 0.25) is 0 Å². The Kier molecular flexibility index (Phi) is 5.53. The highest BCUT2D eigenvalue weighted by Crippen LogP contribution is 2.15. The van der Waals surface area contributed by atoms with Gasteiger partial charge < -0.3 is 10.6 Å². The Balaban J connectivity index is 2.54. The number of hydrogen-bond acceptors (Lipinski definition) is 2. The summed E-state index contributed by atoms with van der Waals surface area (Å²) in [5, 5.41) is 6.03. The monoisotopic (exact) mass is 234 g/mol. The number of unbranched alkanes of at least 4 members (excludes halogenated alkanes) is 2. The summed E-state index contributed by atoms with van der Waals surface area (Å²) in [6.45, 7) is 4.92. The van der Waals surface area contributed by atoms with Crippen LogP contribution in [0.3, 0.4) is 0 Å². The van der Waals surface area contributed by atoms with E-state index in [-0.39, 0.29) is 5.91 Å². The van der Waals surface area contributed by atoms with Crippen molar-refractivity contribution in [1.29, 1.82) is 0 Å². The molecular weight excluding hydrogens is 212 g/mol. The Labute approximate surface area is 104 Å². The average molecular weight is 234 g/mol. The predicted octanol–water partition coefficient (Wildman–Crippen LogP) is 2.96. The van der Waals surface area contributed by atoms with Crippen molar-refractivity contribution in [3.8, 4) is 0 Å². The van der Waals surface area contributed by atoms with E-state index in [0.29, 0.717) is 0 Å². The molecular formula is C14H22N2O. The molecule has 0 atom stereocenters. The van der Waals surface area contributed by atoms with Crippen molar-refractivity contribution in [2.24, 2.45) is 0 Å². The second-order valence-corrected chi connectivity index (χ2v) is 4.24. The standard InChI is InChI=1S/C14H22N2O/c1-4-5-6-9-16-14(17)12-7-8-13(15-3)11(2)10-12/h7-8,10,15H,4-6,9H2,1-3H3,(H,16,17). The first-order valence-electron chi connectivity index (χ1n) is 6.25. The summed E-state index contributed by atoms with van der Waals surface area (Å²) >= 11 is 0. The molecule has 1 aromatic rings. The number of benzene rings is 1. The quantitative estimate of drug-likeness (QED) is 0.743. The highest BCUT2D eigenvalue weighted by atomic mass is 16.1. The first-order chi connectivity index (χ1) is 8.19. The van der Waals surface area contributed by atoms with Crippen molar-refractivity contribution in [1.82, 2.24) is 5.32 Å². The van der Waals surface area contributed by atoms with E-state index in [2.05, 4.69) is 17.6 Å². The lowest BCUT2D eigenvalue weighted by molar-refractivity contribution is 0.0953. The third-order valence-electron chi connectivity index (χ3n) is 2.82. The molecule has 1 rings (SSSR count). The summed E-state index contributed by atoms with van der Waals surface area (Å²) in [7, 11) is 1.88. The zero-order valence-corrected chi connectivity index (χ0v) is 11.0. The van der Waals surface area contributed by atoms with Crippen molar-refractivity contribution < 1.29 is 4.79 Å². The molecule has 0 radical (unpaired) electrons. The van der Waals surface area contributed by atoms with Crippen molar-refractivity contribution in [2.45, 2.75) is 33.1 Å². The van der Waals surface area contributed by atoms with E-state index in [1.54, 1.807) is 0 Å². The van der Waals surface area contributed by atoms with Gasteiger partial charge in [0.25, 0.3) is 5.91 Å². The van der Waals surface area contributed by atoms with Crippen LogP contribution in [0.4, 0.5) is 5.69 Å². The minimum Gasteiger partial charge on any atom is -0.388 e. The molecule has 2 N–H and O–H groups in total. The van der Waals surface area contributed by atoms with Crippen LogP contribution in [-0.2, 0) is 0 Å². The van der Waals surface area contributed by atoms with Gasteiger partial charge in [-0.2, -0.15) is 0 Å². The van der Waals surface area contributed by atoms with E-state index in [1.807, 2.05) is 32.2 Å². The minimum absolute atomic E-state index is 0.0202. The Morgan fingerprint density at radius 3 is 2.65 bits per heavy atom. The van der Waals surface area contributed by atoms with Crippen LogP contribution in [0.25, 0.3) is 0 Å². The lowest BCUT2D eigenvalue weighted by atomic mass is 10.1. The molecule has 3 heteroatoms. The summed E-state index contributed by atoms with van der Waals surface area (Å²) in [5.41, 5.74) is 2.89. The van der Waals surface area contributed by atoms with Crippen LogP contribution in [0, 0.1) is 6.92 Å². The zero-order valence-electron chi connectivity index (χ0n) is 11.0. The number of carbonyl (C=O) groups is 1. The predicted molar refractivity (Wildman–Crippen MR) is 72.6 cm³/mol. The molecule has 1 aromatic carbocycles. The molecule has 0 spiro atoms. The molecule has 0 aliphatic carbocycles. The fourth-order valence-corrected chi connectivity index (χ4v) is 1.76. The van der Waals surface area contributed by atoms with Gasteiger partial charge in [0.2, 0.25) is 0 Å². The molecule has 0 aromatic heterocycles. The molecule has 17 heavy (non-hydrogen) atoms. The molecule has 94 valence electrons. The maximum absolute atomic E-state index is 11.8. The minimum atomic E-state index is 0.0202. The van der Waals surface area contributed by atoms with Gasteiger partial charge in [-0.3, -0.25) is 4.79 Å². The maximum Gasteiger partial charge on any atom is 0.251 e. The van der Waals surface area contributed by atoms with E-state index in [4.69, 9.17) is 0 Å². The van der Waals surface area contributed by atoms with Crippen LogP contribution in [0.15, 0.2) is 18.2 Å². The topological polar surface area (TPSA) is 41.1 Å². The van der Waals surface area contributed by atoms with Crippen LogP contribution >= 0.6 is 0 Å². The van der Waals surface area contributed by atoms with Crippen molar-refractivity contribution >= 4 is 11.6 Å². The molecule has 0 aliphatic rings. The number of anilines is 1. The highest BCUT2D eigenvalue weighted by molar-refractivity contribution is 5.94. The van der Waals surface area contributed by atoms with Crippen LogP contribution in [-0.4, -0.2) is 19.5 Å². The fourth-order valence-electron chi connectivity index (χ4n) is 1.76. The first-order valence-corrected chi connectivity index (χ1v) is 6.25. The van der Waals surface area contributed by atoms with E-state index in [1.165, 1.54) is 6.42 Å². The molecule has 3 nitrogen and oxygen atoms in total. The summed E-state index contributed by atoms with van der Waals surface area (Å²) in [6.07, 6.45) is 3.39. The third kappa shape index (κ3) is 4.10. The summed E-state index contributed by atoms with van der Waals surface area (Å²) in [5.74, 6) is 0.0202. The van der Waals surface area contributed by atoms with Crippen molar-refractivity contribution in [2.75, 3.05) is 18.9 Å². The number of carbonyl (C=O) groups excluding carboxylic acids is 1. The largest absolute Gasteiger partial charge is 0.388 e. The molecule has 0 saturated heterocycles. The number of hydrogen-bond donors (Lipinski definition) is 2. The van der Waals surface area contributed by atoms with Gasteiger partial charge in [-0.25, -0.2) is 0 Å². The Bertz CT molecular complexity index is 374. The number of rotatable bonds is 6. The second-order valence-electron chi connectivity index (χ2n) is 4.24. The van der Waals surface area contributed by atoms with Gasteiger partial charge in [-0.05, 0) is 37.1 Å². The van der Waals surface area contributed by atoms with E-state index in [9.17, 15) is 4.79 Å². The number of amides is 1. The van der Waals surface area contributed by atoms with Gasteiger partial charge in [0, 0.05) is 24.8 Å². The van der Waals surface area contributed by atoms with Gasteiger partial charge in [0.1, 0.15) is 0 Å². The van der Waals surface area contributed by atoms with E-state index < -0.39 is 0 Å². The van der Waals surface area contributed by atoms with Crippen molar-refractivity contribution in [3.05, 3.63) is 29.3 Å². The Morgan fingerprint density at radius 2 is 2.06 bits per heavy atom. The first kappa shape index (κ1) is 13.6. The van der Waals surface area contributed by atoms with Crippen LogP contribution in [0.1, 0.15) is 42.1 Å². The molecule has 0 bridgehead atoms. The summed E-state index contributed by atoms with van der Waals surface area (Å²) < 4.78 is 0. The molecule has 0 unspecified atom stereocenters. The molecule has 0 aliphatic heterocycles. The normalized spacial score (nSPS) is 10.1. The number of aryl methyl sites for hydroxylation is 1. The number of nitrogens with one attached hydrogen (secondary N) is 2. The summed E-state index contributed by atoms with van der Waals surface area (Å²) in [6, 6.07) is 5.71. The molecule has 0 saturated carbocycles. The average Bonchev–Trinajstić information content (AvgIpc) is 2.34. The van der Waals surface area contributed by atoms with Gasteiger partial charge in [0.05, 0.1) is 0 Å².